The summed E-state index contributed by atoms with van der Waals surface area (Å²) < 4.78 is 5.38. The van der Waals surface area contributed by atoms with Gasteiger partial charge in [-0.1, -0.05) is 6.07 Å². The molecule has 0 aliphatic rings. The predicted molar refractivity (Wildman–Crippen MR) is 91.0 cm³/mol. The summed E-state index contributed by atoms with van der Waals surface area (Å²) in [7, 11) is 0. The number of hydrogen-bond donors (Lipinski definition) is 0. The highest BCUT2D eigenvalue weighted by Gasteiger charge is 2.08. The monoisotopic (exact) mass is 328 g/mol. The fraction of sp³-hybridized carbons (Fsp3) is 0.176. The quantitative estimate of drug-likeness (QED) is 0.598. The summed E-state index contributed by atoms with van der Waals surface area (Å²) in [6.07, 6.45) is 5.41. The molecule has 5 heteroatoms. The predicted octanol–water partition coefficient (Wildman–Crippen LogP) is 4.96. The third kappa shape index (κ3) is 3.93. The van der Waals surface area contributed by atoms with E-state index in [1.54, 1.807) is 29.8 Å². The van der Waals surface area contributed by atoms with Crippen LogP contribution in [0.15, 0.2) is 69.4 Å². The highest BCUT2D eigenvalue weighted by atomic mass is 32.2. The maximum atomic E-state index is 5.38. The van der Waals surface area contributed by atoms with Gasteiger partial charge in [-0.3, -0.25) is 4.98 Å². The van der Waals surface area contributed by atoms with E-state index in [9.17, 15) is 0 Å². The van der Waals surface area contributed by atoms with E-state index in [0.717, 1.165) is 28.0 Å². The van der Waals surface area contributed by atoms with Gasteiger partial charge in [-0.2, -0.15) is 0 Å². The molecule has 0 aliphatic carbocycles. The van der Waals surface area contributed by atoms with E-state index < -0.39 is 0 Å². The van der Waals surface area contributed by atoms with Gasteiger partial charge in [-0.05, 0) is 42.8 Å². The summed E-state index contributed by atoms with van der Waals surface area (Å²) in [5.41, 5.74) is 2.35. The molecule has 3 heterocycles. The summed E-state index contributed by atoms with van der Waals surface area (Å²) in [5.74, 6) is 2.66. The Morgan fingerprint density at radius 1 is 0.955 bits per heavy atom. The van der Waals surface area contributed by atoms with Crippen LogP contribution in [0.25, 0.3) is 0 Å². The first-order chi connectivity index (χ1) is 10.8. The number of rotatable bonds is 6. The van der Waals surface area contributed by atoms with Gasteiger partial charge in [0.05, 0.1) is 22.7 Å². The summed E-state index contributed by atoms with van der Waals surface area (Å²) >= 11 is 3.49. The summed E-state index contributed by atoms with van der Waals surface area (Å²) in [6, 6.07) is 11.9. The molecule has 22 heavy (non-hydrogen) atoms. The van der Waals surface area contributed by atoms with E-state index in [4.69, 9.17) is 4.42 Å². The molecule has 0 aromatic carbocycles. The minimum absolute atomic E-state index is 0.831. The van der Waals surface area contributed by atoms with Crippen molar-refractivity contribution >= 4 is 23.5 Å². The van der Waals surface area contributed by atoms with E-state index in [2.05, 4.69) is 23.0 Å². The molecule has 0 saturated carbocycles. The number of nitrogens with zero attached hydrogens (tertiary/aromatic N) is 2. The lowest BCUT2D eigenvalue weighted by Gasteiger charge is -2.09. The zero-order chi connectivity index (χ0) is 15.2. The Balaban J connectivity index is 1.66. The van der Waals surface area contributed by atoms with Crippen LogP contribution >= 0.6 is 23.5 Å². The van der Waals surface area contributed by atoms with Crippen LogP contribution in [0, 0.1) is 6.92 Å². The molecule has 0 saturated heterocycles. The van der Waals surface area contributed by atoms with Crippen molar-refractivity contribution in [2.45, 2.75) is 28.4 Å². The van der Waals surface area contributed by atoms with Crippen LogP contribution in [0.3, 0.4) is 0 Å². The zero-order valence-electron chi connectivity index (χ0n) is 12.2. The smallest absolute Gasteiger partial charge is 0.113 e. The summed E-state index contributed by atoms with van der Waals surface area (Å²) in [4.78, 5) is 10.1. The van der Waals surface area contributed by atoms with E-state index in [-0.39, 0.29) is 0 Å². The van der Waals surface area contributed by atoms with Gasteiger partial charge in [-0.15, -0.1) is 23.5 Å². The molecule has 0 unspecified atom stereocenters. The molecule has 0 radical (unpaired) electrons. The Hall–Kier alpha value is -1.72. The first-order valence-corrected chi connectivity index (χ1v) is 8.93. The highest BCUT2D eigenvalue weighted by Crippen LogP contribution is 2.29. The average Bonchev–Trinajstić information content (AvgIpc) is 3.07. The first kappa shape index (κ1) is 15.2. The second kappa shape index (κ2) is 7.51. The third-order valence-electron chi connectivity index (χ3n) is 3.20. The van der Waals surface area contributed by atoms with Crippen LogP contribution in [0.4, 0.5) is 0 Å². The van der Waals surface area contributed by atoms with Crippen molar-refractivity contribution in [1.82, 2.24) is 9.97 Å². The normalized spacial score (nSPS) is 10.8. The van der Waals surface area contributed by atoms with Crippen molar-refractivity contribution in [3.8, 4) is 0 Å². The Morgan fingerprint density at radius 2 is 1.91 bits per heavy atom. The molecule has 0 N–H and O–H groups in total. The first-order valence-electron chi connectivity index (χ1n) is 6.96. The number of hydrogen-bond acceptors (Lipinski definition) is 5. The molecule has 0 fully saturated rings. The molecular formula is C17H16N2OS2. The molecule has 3 nitrogen and oxygen atoms in total. The van der Waals surface area contributed by atoms with Crippen molar-refractivity contribution in [2.24, 2.45) is 0 Å². The molecule has 112 valence electrons. The summed E-state index contributed by atoms with van der Waals surface area (Å²) in [5, 5.41) is 1.03. The van der Waals surface area contributed by atoms with Crippen LogP contribution in [0.2, 0.25) is 0 Å². The lowest BCUT2D eigenvalue weighted by Crippen LogP contribution is -1.94. The van der Waals surface area contributed by atoms with Gasteiger partial charge in [0, 0.05) is 23.0 Å². The number of thioether (sulfide) groups is 2. The molecule has 3 rings (SSSR count). The second-order valence-corrected chi connectivity index (χ2v) is 6.72. The van der Waals surface area contributed by atoms with Crippen molar-refractivity contribution in [3.05, 3.63) is 72.1 Å². The molecule has 0 aliphatic heterocycles. The van der Waals surface area contributed by atoms with Crippen LogP contribution in [0.1, 0.15) is 17.0 Å². The van der Waals surface area contributed by atoms with Gasteiger partial charge in [0.2, 0.25) is 0 Å². The van der Waals surface area contributed by atoms with Gasteiger partial charge < -0.3 is 4.42 Å². The molecule has 0 atom stereocenters. The molecule has 0 bridgehead atoms. The van der Waals surface area contributed by atoms with Crippen molar-refractivity contribution in [3.63, 3.8) is 0 Å². The SMILES string of the molecule is Cc1c(SCc2ccco2)ccnc1CSc1ccccn1. The van der Waals surface area contributed by atoms with Crippen molar-refractivity contribution < 1.29 is 4.42 Å². The third-order valence-corrected chi connectivity index (χ3v) is 5.34. The maximum absolute atomic E-state index is 5.38. The number of pyridine rings is 2. The van der Waals surface area contributed by atoms with Gasteiger partial charge in [-0.25, -0.2) is 4.98 Å². The van der Waals surface area contributed by atoms with Crippen LogP contribution < -0.4 is 0 Å². The Morgan fingerprint density at radius 3 is 2.68 bits per heavy atom. The van der Waals surface area contributed by atoms with Crippen LogP contribution in [-0.4, -0.2) is 9.97 Å². The Bertz CT molecular complexity index is 715. The van der Waals surface area contributed by atoms with Gasteiger partial charge in [0.1, 0.15) is 5.76 Å². The minimum Gasteiger partial charge on any atom is -0.468 e. The molecular weight excluding hydrogens is 312 g/mol. The summed E-state index contributed by atoms with van der Waals surface area (Å²) in [6.45, 7) is 2.13. The molecule has 3 aromatic heterocycles. The van der Waals surface area contributed by atoms with E-state index in [1.165, 1.54) is 10.5 Å². The largest absolute Gasteiger partial charge is 0.468 e. The van der Waals surface area contributed by atoms with E-state index in [1.807, 2.05) is 42.7 Å². The molecule has 0 amide bonds. The lowest BCUT2D eigenvalue weighted by atomic mass is 10.2. The fourth-order valence-corrected chi connectivity index (χ4v) is 3.82. The van der Waals surface area contributed by atoms with Gasteiger partial charge in [0.25, 0.3) is 0 Å². The van der Waals surface area contributed by atoms with E-state index >= 15 is 0 Å². The number of furan rings is 1. The molecule has 0 spiro atoms. The fourth-order valence-electron chi connectivity index (χ4n) is 1.98. The minimum atomic E-state index is 0.831. The van der Waals surface area contributed by atoms with Crippen LogP contribution in [0.5, 0.6) is 0 Å². The van der Waals surface area contributed by atoms with Crippen molar-refractivity contribution in [1.29, 1.82) is 0 Å². The topological polar surface area (TPSA) is 38.9 Å². The highest BCUT2D eigenvalue weighted by molar-refractivity contribution is 7.98. The van der Waals surface area contributed by atoms with Crippen molar-refractivity contribution in [2.75, 3.05) is 0 Å². The van der Waals surface area contributed by atoms with Gasteiger partial charge in [0.15, 0.2) is 0 Å². The average molecular weight is 328 g/mol. The Labute approximate surface area is 138 Å². The standard InChI is InChI=1S/C17H16N2OS2/c1-13-15(12-22-17-6-2-3-8-19-17)18-9-7-16(13)21-11-14-5-4-10-20-14/h2-10H,11-12H2,1H3. The molecule has 3 aromatic rings. The zero-order valence-corrected chi connectivity index (χ0v) is 13.9. The van der Waals surface area contributed by atoms with Gasteiger partial charge >= 0.3 is 0 Å². The van der Waals surface area contributed by atoms with E-state index in [0.29, 0.717) is 0 Å². The van der Waals surface area contributed by atoms with Crippen LogP contribution in [-0.2, 0) is 11.5 Å². The lowest BCUT2D eigenvalue weighted by molar-refractivity contribution is 0.530. The second-order valence-electron chi connectivity index (χ2n) is 4.71. The number of aromatic nitrogens is 2. The Kier molecular flexibility index (Phi) is 5.19. The maximum Gasteiger partial charge on any atom is 0.113 e.